The Bertz CT molecular complexity index is 905. The first-order valence-corrected chi connectivity index (χ1v) is 10.4. The summed E-state index contributed by atoms with van der Waals surface area (Å²) in [5, 5.41) is 2.90. The third kappa shape index (κ3) is 6.34. The standard InChI is InChI=1S/C25H34N2O3/c1-16(2)26-25(29)21(7)27(14-22-10-8-9-17(3)12-22)24(28)15-30-23-13-18(4)11-19(5)20(23)6/h8-13,16,21H,14-15H2,1-7H3,(H,26,29). The van der Waals surface area contributed by atoms with Crippen LogP contribution >= 0.6 is 0 Å². The number of nitrogens with one attached hydrogen (secondary N) is 1. The molecule has 0 fully saturated rings. The van der Waals surface area contributed by atoms with Gasteiger partial charge in [-0.05, 0) is 76.8 Å². The highest BCUT2D eigenvalue weighted by Gasteiger charge is 2.27. The minimum Gasteiger partial charge on any atom is -0.483 e. The lowest BCUT2D eigenvalue weighted by molar-refractivity contribution is -0.142. The Morgan fingerprint density at radius 3 is 2.33 bits per heavy atom. The van der Waals surface area contributed by atoms with Crippen LogP contribution in [0, 0.1) is 27.7 Å². The van der Waals surface area contributed by atoms with Crippen LogP contribution in [0.25, 0.3) is 0 Å². The van der Waals surface area contributed by atoms with Crippen molar-refractivity contribution in [3.05, 3.63) is 64.2 Å². The van der Waals surface area contributed by atoms with Gasteiger partial charge in [-0.3, -0.25) is 9.59 Å². The van der Waals surface area contributed by atoms with Crippen LogP contribution in [0.3, 0.4) is 0 Å². The molecule has 0 heterocycles. The van der Waals surface area contributed by atoms with Crippen LogP contribution in [0.15, 0.2) is 36.4 Å². The smallest absolute Gasteiger partial charge is 0.261 e. The van der Waals surface area contributed by atoms with E-state index < -0.39 is 6.04 Å². The quantitative estimate of drug-likeness (QED) is 0.708. The number of benzene rings is 2. The molecule has 1 N–H and O–H groups in total. The first kappa shape index (κ1) is 23.5. The largest absolute Gasteiger partial charge is 0.483 e. The minimum absolute atomic E-state index is 0.00467. The molecule has 2 aromatic carbocycles. The number of aryl methyl sites for hydroxylation is 3. The Morgan fingerprint density at radius 1 is 1.00 bits per heavy atom. The molecule has 1 atom stereocenters. The lowest BCUT2D eigenvalue weighted by atomic mass is 10.1. The molecule has 0 aliphatic rings. The highest BCUT2D eigenvalue weighted by atomic mass is 16.5. The van der Waals surface area contributed by atoms with E-state index in [1.807, 2.05) is 71.9 Å². The van der Waals surface area contributed by atoms with Gasteiger partial charge in [0.25, 0.3) is 5.91 Å². The Morgan fingerprint density at radius 2 is 1.70 bits per heavy atom. The fourth-order valence-electron chi connectivity index (χ4n) is 3.37. The summed E-state index contributed by atoms with van der Waals surface area (Å²) in [6, 6.07) is 11.4. The maximum atomic E-state index is 13.1. The summed E-state index contributed by atoms with van der Waals surface area (Å²) in [5.74, 6) is 0.311. The third-order valence-corrected chi connectivity index (χ3v) is 5.15. The lowest BCUT2D eigenvalue weighted by Gasteiger charge is -2.29. The van der Waals surface area contributed by atoms with Crippen LogP contribution in [0.1, 0.15) is 48.6 Å². The third-order valence-electron chi connectivity index (χ3n) is 5.15. The molecule has 5 nitrogen and oxygen atoms in total. The molecule has 2 amide bonds. The molecule has 0 aliphatic carbocycles. The molecule has 0 saturated heterocycles. The molecule has 1 unspecified atom stereocenters. The van der Waals surface area contributed by atoms with E-state index in [-0.39, 0.29) is 24.5 Å². The van der Waals surface area contributed by atoms with Crippen molar-refractivity contribution < 1.29 is 14.3 Å². The van der Waals surface area contributed by atoms with Crippen LogP contribution in [-0.2, 0) is 16.1 Å². The number of ether oxygens (including phenoxy) is 1. The zero-order valence-electron chi connectivity index (χ0n) is 19.2. The van der Waals surface area contributed by atoms with E-state index in [2.05, 4.69) is 11.4 Å². The predicted molar refractivity (Wildman–Crippen MR) is 121 cm³/mol. The maximum Gasteiger partial charge on any atom is 0.261 e. The highest BCUT2D eigenvalue weighted by Crippen LogP contribution is 2.23. The van der Waals surface area contributed by atoms with Crippen LogP contribution < -0.4 is 10.1 Å². The van der Waals surface area contributed by atoms with Crippen LogP contribution in [0.2, 0.25) is 0 Å². The molecular weight excluding hydrogens is 376 g/mol. The number of hydrogen-bond acceptors (Lipinski definition) is 3. The lowest BCUT2D eigenvalue weighted by Crippen LogP contribution is -2.50. The maximum absolute atomic E-state index is 13.1. The van der Waals surface area contributed by atoms with Crippen molar-refractivity contribution >= 4 is 11.8 Å². The SMILES string of the molecule is Cc1cccc(CN(C(=O)COc2cc(C)cc(C)c2C)C(C)C(=O)NC(C)C)c1. The molecule has 0 aliphatic heterocycles. The Hall–Kier alpha value is -2.82. The monoisotopic (exact) mass is 410 g/mol. The van der Waals surface area contributed by atoms with Crippen molar-refractivity contribution in [3.63, 3.8) is 0 Å². The van der Waals surface area contributed by atoms with Crippen molar-refractivity contribution in [2.45, 2.75) is 67.1 Å². The molecule has 5 heteroatoms. The van der Waals surface area contributed by atoms with Crippen molar-refractivity contribution in [1.29, 1.82) is 0 Å². The average molecular weight is 411 g/mol. The predicted octanol–water partition coefficient (Wildman–Crippen LogP) is 4.24. The van der Waals surface area contributed by atoms with Crippen molar-refractivity contribution in [2.24, 2.45) is 0 Å². The number of nitrogens with zero attached hydrogens (tertiary/aromatic N) is 1. The van der Waals surface area contributed by atoms with Crippen LogP contribution in [0.5, 0.6) is 5.75 Å². The summed E-state index contributed by atoms with van der Waals surface area (Å²) in [6.07, 6.45) is 0. The van der Waals surface area contributed by atoms with Gasteiger partial charge in [-0.15, -0.1) is 0 Å². The minimum atomic E-state index is -0.607. The molecule has 0 spiro atoms. The Labute approximate surface area is 180 Å². The fourth-order valence-corrected chi connectivity index (χ4v) is 3.37. The molecule has 2 rings (SSSR count). The van der Waals surface area contributed by atoms with Crippen molar-refractivity contribution in [2.75, 3.05) is 6.61 Å². The zero-order chi connectivity index (χ0) is 22.4. The first-order valence-electron chi connectivity index (χ1n) is 10.4. The molecular formula is C25H34N2O3. The van der Waals surface area contributed by atoms with E-state index >= 15 is 0 Å². The number of rotatable bonds is 8. The first-order chi connectivity index (χ1) is 14.1. The summed E-state index contributed by atoms with van der Waals surface area (Å²) < 4.78 is 5.89. The zero-order valence-corrected chi connectivity index (χ0v) is 19.2. The van der Waals surface area contributed by atoms with Gasteiger partial charge in [0.2, 0.25) is 5.91 Å². The summed E-state index contributed by atoms with van der Waals surface area (Å²) in [7, 11) is 0. The summed E-state index contributed by atoms with van der Waals surface area (Å²) in [6.45, 7) is 13.8. The number of hydrogen-bond donors (Lipinski definition) is 1. The average Bonchev–Trinajstić information content (AvgIpc) is 2.66. The number of carbonyl (C=O) groups excluding carboxylic acids is 2. The molecule has 0 radical (unpaired) electrons. The van der Waals surface area contributed by atoms with Gasteiger partial charge in [-0.25, -0.2) is 0 Å². The molecule has 0 saturated carbocycles. The normalized spacial score (nSPS) is 11.9. The van der Waals surface area contributed by atoms with Gasteiger partial charge >= 0.3 is 0 Å². The molecule has 0 bridgehead atoms. The molecule has 0 aromatic heterocycles. The summed E-state index contributed by atoms with van der Waals surface area (Å²) in [5.41, 5.74) is 5.32. The van der Waals surface area contributed by atoms with E-state index in [9.17, 15) is 9.59 Å². The fraction of sp³-hybridized carbons (Fsp3) is 0.440. The van der Waals surface area contributed by atoms with Gasteiger partial charge in [0.05, 0.1) is 0 Å². The number of amides is 2. The van der Waals surface area contributed by atoms with Crippen molar-refractivity contribution in [3.8, 4) is 5.75 Å². The molecule has 2 aromatic rings. The van der Waals surface area contributed by atoms with Gasteiger partial charge in [-0.1, -0.05) is 35.9 Å². The van der Waals surface area contributed by atoms with Gasteiger partial charge in [0, 0.05) is 12.6 Å². The van der Waals surface area contributed by atoms with E-state index in [0.717, 1.165) is 27.8 Å². The number of carbonyl (C=O) groups is 2. The van der Waals surface area contributed by atoms with E-state index in [0.29, 0.717) is 12.3 Å². The van der Waals surface area contributed by atoms with E-state index in [1.54, 1.807) is 11.8 Å². The van der Waals surface area contributed by atoms with E-state index in [4.69, 9.17) is 4.74 Å². The van der Waals surface area contributed by atoms with Crippen molar-refractivity contribution in [1.82, 2.24) is 10.2 Å². The van der Waals surface area contributed by atoms with Crippen LogP contribution in [-0.4, -0.2) is 35.4 Å². The second-order valence-electron chi connectivity index (χ2n) is 8.34. The Balaban J connectivity index is 2.22. The van der Waals surface area contributed by atoms with Gasteiger partial charge in [0.1, 0.15) is 11.8 Å². The van der Waals surface area contributed by atoms with Gasteiger partial charge < -0.3 is 15.0 Å². The summed E-state index contributed by atoms with van der Waals surface area (Å²) >= 11 is 0. The molecule has 162 valence electrons. The van der Waals surface area contributed by atoms with E-state index in [1.165, 1.54) is 0 Å². The molecule has 30 heavy (non-hydrogen) atoms. The highest BCUT2D eigenvalue weighted by molar-refractivity contribution is 5.88. The van der Waals surface area contributed by atoms with Gasteiger partial charge in [-0.2, -0.15) is 0 Å². The topological polar surface area (TPSA) is 58.6 Å². The second-order valence-corrected chi connectivity index (χ2v) is 8.34. The Kier molecular flexibility index (Phi) is 8.04. The second kappa shape index (κ2) is 10.3. The summed E-state index contributed by atoms with van der Waals surface area (Å²) in [4.78, 5) is 27.4. The van der Waals surface area contributed by atoms with Crippen LogP contribution in [0.4, 0.5) is 0 Å². The van der Waals surface area contributed by atoms with Gasteiger partial charge in [0.15, 0.2) is 6.61 Å².